The Morgan fingerprint density at radius 1 is 1.60 bits per heavy atom. The number of aromatic amines is 1. The van der Waals surface area contributed by atoms with E-state index in [-0.39, 0.29) is 5.56 Å². The van der Waals surface area contributed by atoms with E-state index >= 15 is 0 Å². The third-order valence-corrected chi connectivity index (χ3v) is 2.47. The number of nitrogens with zero attached hydrogens (tertiary/aromatic N) is 1. The van der Waals surface area contributed by atoms with Gasteiger partial charge in [-0.2, -0.15) is 11.8 Å². The zero-order valence-electron chi connectivity index (χ0n) is 9.08. The maximum atomic E-state index is 11.3. The largest absolute Gasteiger partial charge is 0.385 e. The second-order valence-electron chi connectivity index (χ2n) is 3.21. The Morgan fingerprint density at radius 2 is 2.40 bits per heavy atom. The van der Waals surface area contributed by atoms with E-state index in [0.29, 0.717) is 6.61 Å². The SMILES string of the molecule is COCCCc1cc(=O)[nH]c(CSC)n1. The summed E-state index contributed by atoms with van der Waals surface area (Å²) in [5, 5.41) is 0. The van der Waals surface area contributed by atoms with E-state index in [1.165, 1.54) is 0 Å². The molecular weight excluding hydrogens is 212 g/mol. The van der Waals surface area contributed by atoms with Crippen LogP contribution in [0.4, 0.5) is 0 Å². The average molecular weight is 228 g/mol. The number of hydrogen-bond acceptors (Lipinski definition) is 4. The summed E-state index contributed by atoms with van der Waals surface area (Å²) in [5.74, 6) is 1.50. The van der Waals surface area contributed by atoms with Gasteiger partial charge in [0.2, 0.25) is 0 Å². The molecule has 1 aromatic rings. The number of hydrogen-bond donors (Lipinski definition) is 1. The van der Waals surface area contributed by atoms with Gasteiger partial charge in [-0.1, -0.05) is 0 Å². The Labute approximate surface area is 93.5 Å². The van der Waals surface area contributed by atoms with Crippen LogP contribution in [-0.2, 0) is 16.9 Å². The molecule has 0 aliphatic heterocycles. The first-order chi connectivity index (χ1) is 7.26. The van der Waals surface area contributed by atoms with Gasteiger partial charge in [-0.15, -0.1) is 0 Å². The first-order valence-corrected chi connectivity index (χ1v) is 6.22. The van der Waals surface area contributed by atoms with Crippen molar-refractivity contribution in [3.05, 3.63) is 27.9 Å². The zero-order valence-corrected chi connectivity index (χ0v) is 9.89. The molecule has 0 saturated heterocycles. The fraction of sp³-hybridized carbons (Fsp3) is 0.600. The molecule has 0 aliphatic carbocycles. The van der Waals surface area contributed by atoms with Crippen LogP contribution in [0.3, 0.4) is 0 Å². The van der Waals surface area contributed by atoms with Crippen molar-refractivity contribution in [3.63, 3.8) is 0 Å². The number of nitrogens with one attached hydrogen (secondary N) is 1. The lowest BCUT2D eigenvalue weighted by Crippen LogP contribution is -2.12. The van der Waals surface area contributed by atoms with Gasteiger partial charge in [0.1, 0.15) is 5.82 Å². The lowest BCUT2D eigenvalue weighted by Gasteiger charge is -2.02. The standard InChI is InChI=1S/C10H16N2O2S/c1-14-5-3-4-8-6-10(13)12-9(11-8)7-15-2/h6H,3-5,7H2,1-2H3,(H,11,12,13). The molecule has 0 spiro atoms. The van der Waals surface area contributed by atoms with E-state index in [4.69, 9.17) is 4.74 Å². The Morgan fingerprint density at radius 3 is 3.07 bits per heavy atom. The van der Waals surface area contributed by atoms with Crippen molar-refractivity contribution in [3.8, 4) is 0 Å². The normalized spacial score (nSPS) is 10.5. The minimum Gasteiger partial charge on any atom is -0.385 e. The fourth-order valence-electron chi connectivity index (χ4n) is 1.29. The van der Waals surface area contributed by atoms with Gasteiger partial charge in [-0.05, 0) is 19.1 Å². The Balaban J connectivity index is 2.66. The van der Waals surface area contributed by atoms with Crippen LogP contribution in [0.2, 0.25) is 0 Å². The molecular formula is C10H16N2O2S. The van der Waals surface area contributed by atoms with Crippen molar-refractivity contribution in [2.24, 2.45) is 0 Å². The van der Waals surface area contributed by atoms with Gasteiger partial charge in [0.25, 0.3) is 5.56 Å². The van der Waals surface area contributed by atoms with Crippen molar-refractivity contribution in [2.75, 3.05) is 20.0 Å². The van der Waals surface area contributed by atoms with E-state index < -0.39 is 0 Å². The molecule has 0 fully saturated rings. The van der Waals surface area contributed by atoms with Crippen LogP contribution in [0.15, 0.2) is 10.9 Å². The van der Waals surface area contributed by atoms with E-state index in [9.17, 15) is 4.79 Å². The number of thioether (sulfide) groups is 1. The van der Waals surface area contributed by atoms with Crippen molar-refractivity contribution in [2.45, 2.75) is 18.6 Å². The van der Waals surface area contributed by atoms with E-state index in [0.717, 1.165) is 30.1 Å². The summed E-state index contributed by atoms with van der Waals surface area (Å²) >= 11 is 1.64. The number of aryl methyl sites for hydroxylation is 1. The van der Waals surface area contributed by atoms with Crippen LogP contribution < -0.4 is 5.56 Å². The van der Waals surface area contributed by atoms with Crippen LogP contribution in [0, 0.1) is 0 Å². The fourth-order valence-corrected chi connectivity index (χ4v) is 1.70. The van der Waals surface area contributed by atoms with Crippen molar-refractivity contribution in [1.82, 2.24) is 9.97 Å². The highest BCUT2D eigenvalue weighted by Crippen LogP contribution is 2.03. The van der Waals surface area contributed by atoms with Crippen LogP contribution in [0.1, 0.15) is 17.9 Å². The average Bonchev–Trinajstić information content (AvgIpc) is 2.18. The quantitative estimate of drug-likeness (QED) is 0.744. The van der Waals surface area contributed by atoms with E-state index in [2.05, 4.69) is 9.97 Å². The lowest BCUT2D eigenvalue weighted by molar-refractivity contribution is 0.195. The van der Waals surface area contributed by atoms with Crippen LogP contribution >= 0.6 is 11.8 Å². The maximum Gasteiger partial charge on any atom is 0.251 e. The summed E-state index contributed by atoms with van der Waals surface area (Å²) < 4.78 is 4.95. The highest BCUT2D eigenvalue weighted by Gasteiger charge is 2.00. The third-order valence-electron chi connectivity index (χ3n) is 1.91. The second-order valence-corrected chi connectivity index (χ2v) is 4.08. The topological polar surface area (TPSA) is 55.0 Å². The number of H-pyrrole nitrogens is 1. The molecule has 1 heterocycles. The minimum absolute atomic E-state index is 0.0681. The molecule has 0 amide bonds. The Kier molecular flexibility index (Phi) is 5.42. The monoisotopic (exact) mass is 228 g/mol. The first kappa shape index (κ1) is 12.3. The van der Waals surface area contributed by atoms with Gasteiger partial charge in [-0.3, -0.25) is 4.79 Å². The molecule has 0 aliphatic rings. The van der Waals surface area contributed by atoms with Gasteiger partial charge in [-0.25, -0.2) is 4.98 Å². The molecule has 4 nitrogen and oxygen atoms in total. The van der Waals surface area contributed by atoms with Crippen molar-refractivity contribution in [1.29, 1.82) is 0 Å². The Hall–Kier alpha value is -0.810. The van der Waals surface area contributed by atoms with Gasteiger partial charge < -0.3 is 9.72 Å². The summed E-state index contributed by atoms with van der Waals surface area (Å²) in [6.07, 6.45) is 3.67. The maximum absolute atomic E-state index is 11.3. The van der Waals surface area contributed by atoms with Gasteiger partial charge in [0.05, 0.1) is 5.75 Å². The molecule has 15 heavy (non-hydrogen) atoms. The number of ether oxygens (including phenoxy) is 1. The number of aromatic nitrogens is 2. The minimum atomic E-state index is -0.0681. The highest BCUT2D eigenvalue weighted by atomic mass is 32.2. The molecule has 0 bridgehead atoms. The van der Waals surface area contributed by atoms with Crippen molar-refractivity contribution < 1.29 is 4.74 Å². The number of methoxy groups -OCH3 is 1. The zero-order chi connectivity index (χ0) is 11.1. The first-order valence-electron chi connectivity index (χ1n) is 4.83. The van der Waals surface area contributed by atoms with Crippen molar-refractivity contribution >= 4 is 11.8 Å². The summed E-state index contributed by atoms with van der Waals surface area (Å²) in [7, 11) is 1.67. The molecule has 0 aromatic carbocycles. The van der Waals surface area contributed by atoms with Crippen LogP contribution in [0.25, 0.3) is 0 Å². The highest BCUT2D eigenvalue weighted by molar-refractivity contribution is 7.97. The summed E-state index contributed by atoms with van der Waals surface area (Å²) in [4.78, 5) is 18.4. The molecule has 1 rings (SSSR count). The molecule has 0 unspecified atom stereocenters. The summed E-state index contributed by atoms with van der Waals surface area (Å²) in [6.45, 7) is 0.701. The lowest BCUT2D eigenvalue weighted by atomic mass is 10.2. The van der Waals surface area contributed by atoms with Gasteiger partial charge in [0.15, 0.2) is 0 Å². The molecule has 1 aromatic heterocycles. The number of rotatable bonds is 6. The molecule has 0 saturated carbocycles. The smallest absolute Gasteiger partial charge is 0.251 e. The molecule has 84 valence electrons. The Bertz CT molecular complexity index is 352. The molecule has 5 heteroatoms. The second kappa shape index (κ2) is 6.63. The predicted molar refractivity (Wildman–Crippen MR) is 62.3 cm³/mol. The molecule has 0 radical (unpaired) electrons. The van der Waals surface area contributed by atoms with Crippen LogP contribution in [-0.4, -0.2) is 29.9 Å². The predicted octanol–water partition coefficient (Wildman–Crippen LogP) is 1.21. The van der Waals surface area contributed by atoms with E-state index in [1.807, 2.05) is 6.26 Å². The van der Waals surface area contributed by atoms with Gasteiger partial charge >= 0.3 is 0 Å². The molecule has 0 atom stereocenters. The van der Waals surface area contributed by atoms with E-state index in [1.54, 1.807) is 24.9 Å². The summed E-state index contributed by atoms with van der Waals surface area (Å²) in [5.41, 5.74) is 0.779. The summed E-state index contributed by atoms with van der Waals surface area (Å²) in [6, 6.07) is 1.56. The third kappa shape index (κ3) is 4.48. The van der Waals surface area contributed by atoms with Crippen LogP contribution in [0.5, 0.6) is 0 Å². The van der Waals surface area contributed by atoms with Gasteiger partial charge in [0, 0.05) is 25.5 Å². The molecule has 1 N–H and O–H groups in total.